The Morgan fingerprint density at radius 1 is 1.11 bits per heavy atom. The van der Waals surface area contributed by atoms with Crippen molar-refractivity contribution in [1.82, 2.24) is 9.97 Å². The molecule has 2 aliphatic rings. The maximum atomic E-state index is 12.5. The molecule has 1 fully saturated rings. The van der Waals surface area contributed by atoms with Gasteiger partial charge in [-0.2, -0.15) is 0 Å². The number of aromatic nitrogens is 2. The van der Waals surface area contributed by atoms with Crippen LogP contribution < -0.4 is 15.4 Å². The second kappa shape index (κ2) is 9.45. The number of nitrogens with zero attached hydrogens (tertiary/aromatic N) is 2. The van der Waals surface area contributed by atoms with E-state index in [1.807, 2.05) is 42.6 Å². The smallest absolute Gasteiger partial charge is 0.235 e. The average molecular weight is 507 g/mol. The van der Waals surface area contributed by atoms with Gasteiger partial charge >= 0.3 is 0 Å². The van der Waals surface area contributed by atoms with Crippen molar-refractivity contribution in [3.63, 3.8) is 0 Å². The zero-order valence-electron chi connectivity index (χ0n) is 20.7. The molecule has 0 saturated heterocycles. The van der Waals surface area contributed by atoms with Gasteiger partial charge in [0.05, 0.1) is 18.2 Å². The summed E-state index contributed by atoms with van der Waals surface area (Å²) in [6, 6.07) is 16.0. The van der Waals surface area contributed by atoms with E-state index in [2.05, 4.69) is 51.5 Å². The van der Waals surface area contributed by atoms with Gasteiger partial charge in [-0.05, 0) is 72.5 Å². The van der Waals surface area contributed by atoms with Gasteiger partial charge in [0.15, 0.2) is 0 Å². The summed E-state index contributed by atoms with van der Waals surface area (Å²) < 4.78 is 5.60. The number of benzene rings is 2. The van der Waals surface area contributed by atoms with Crippen molar-refractivity contribution in [2.24, 2.45) is 0 Å². The second-order valence-electron chi connectivity index (χ2n) is 9.27. The highest BCUT2D eigenvalue weighted by Gasteiger charge is 2.50. The van der Waals surface area contributed by atoms with Crippen LogP contribution in [0.5, 0.6) is 5.75 Å². The van der Waals surface area contributed by atoms with Gasteiger partial charge in [-0.1, -0.05) is 25.3 Å². The van der Waals surface area contributed by atoms with Gasteiger partial charge in [0.2, 0.25) is 5.91 Å². The van der Waals surface area contributed by atoms with Crippen molar-refractivity contribution in [3.8, 4) is 17.6 Å². The van der Waals surface area contributed by atoms with Crippen LogP contribution in [-0.4, -0.2) is 28.7 Å². The Morgan fingerprint density at radius 3 is 2.78 bits per heavy atom. The standard InChI is InChI=1S/C30H26N4O2S/c1-3-37-21-7-10-25(27(16-21)36-2)33-28-17-22-20(18-32-28)11-14-31-24(22)9-6-19-5-8-23-26(15-19)34-29(35)30(23)12-4-13-30/h5,7-8,10-11,14-18H,3-4,12-13H2,1-2H3,(H,32,33)(H,34,35). The molecule has 0 atom stereocenters. The molecular formula is C30H26N4O2S. The van der Waals surface area contributed by atoms with Crippen LogP contribution in [0.1, 0.15) is 43.0 Å². The Hall–Kier alpha value is -4.02. The van der Waals surface area contributed by atoms with Crippen LogP contribution in [0.3, 0.4) is 0 Å². The fraction of sp³-hybridized carbons (Fsp3) is 0.233. The van der Waals surface area contributed by atoms with Crippen LogP contribution >= 0.6 is 11.8 Å². The van der Waals surface area contributed by atoms with Crippen LogP contribution in [0.2, 0.25) is 0 Å². The minimum Gasteiger partial charge on any atom is -0.495 e. The second-order valence-corrected chi connectivity index (χ2v) is 10.6. The fourth-order valence-corrected chi connectivity index (χ4v) is 5.76. The SMILES string of the molecule is CCSc1ccc(Nc2cc3c(C#Cc4ccc5c(c4)NC(=O)C54CCC4)nccc3cn2)c(OC)c1. The molecular weight excluding hydrogens is 480 g/mol. The minimum atomic E-state index is -0.313. The number of carbonyl (C=O) groups excluding carboxylic acids is 1. The van der Waals surface area contributed by atoms with Crippen molar-refractivity contribution in [2.75, 3.05) is 23.5 Å². The van der Waals surface area contributed by atoms with Crippen LogP contribution in [0.15, 0.2) is 65.8 Å². The van der Waals surface area contributed by atoms with Gasteiger partial charge in [0, 0.05) is 39.3 Å². The number of fused-ring (bicyclic) bond motifs is 3. The topological polar surface area (TPSA) is 76.1 Å². The first kappa shape index (κ1) is 23.4. The summed E-state index contributed by atoms with van der Waals surface area (Å²) in [5.74, 6) is 9.04. The molecule has 37 heavy (non-hydrogen) atoms. The number of anilines is 3. The van der Waals surface area contributed by atoms with E-state index >= 15 is 0 Å². The summed E-state index contributed by atoms with van der Waals surface area (Å²) in [6.45, 7) is 2.13. The maximum Gasteiger partial charge on any atom is 0.235 e. The lowest BCUT2D eigenvalue weighted by atomic mass is 9.65. The predicted octanol–water partition coefficient (Wildman–Crippen LogP) is 6.27. The Balaban J connectivity index is 1.30. The molecule has 1 amide bonds. The lowest BCUT2D eigenvalue weighted by Crippen LogP contribution is -2.40. The third-order valence-corrected chi connectivity index (χ3v) is 8.02. The van der Waals surface area contributed by atoms with Gasteiger partial charge in [-0.3, -0.25) is 4.79 Å². The summed E-state index contributed by atoms with van der Waals surface area (Å²) in [6.07, 6.45) is 6.52. The first-order chi connectivity index (χ1) is 18.1. The number of rotatable bonds is 5. The number of methoxy groups -OCH3 is 1. The summed E-state index contributed by atoms with van der Waals surface area (Å²) in [5, 5.41) is 8.30. The number of pyridine rings is 2. The van der Waals surface area contributed by atoms with Crippen molar-refractivity contribution in [1.29, 1.82) is 0 Å². The van der Waals surface area contributed by atoms with Gasteiger partial charge in [0.1, 0.15) is 17.3 Å². The van der Waals surface area contributed by atoms with E-state index in [-0.39, 0.29) is 11.3 Å². The van der Waals surface area contributed by atoms with Crippen molar-refractivity contribution >= 4 is 45.6 Å². The minimum absolute atomic E-state index is 0.123. The average Bonchev–Trinajstić information content (AvgIpc) is 3.19. The third kappa shape index (κ3) is 4.17. The molecule has 184 valence electrons. The molecule has 1 aliphatic heterocycles. The third-order valence-electron chi connectivity index (χ3n) is 7.14. The van der Waals surface area contributed by atoms with E-state index in [0.29, 0.717) is 11.5 Å². The van der Waals surface area contributed by atoms with Gasteiger partial charge in [-0.25, -0.2) is 9.97 Å². The fourth-order valence-electron chi connectivity index (χ4n) is 5.07. The first-order valence-corrected chi connectivity index (χ1v) is 13.4. The van der Waals surface area contributed by atoms with Gasteiger partial charge < -0.3 is 15.4 Å². The molecule has 0 unspecified atom stereocenters. The maximum absolute atomic E-state index is 12.5. The monoisotopic (exact) mass is 506 g/mol. The number of thioether (sulfide) groups is 1. The largest absolute Gasteiger partial charge is 0.495 e. The Labute approximate surface area is 220 Å². The highest BCUT2D eigenvalue weighted by molar-refractivity contribution is 7.99. The molecule has 1 spiro atoms. The molecule has 7 heteroatoms. The number of hydrogen-bond donors (Lipinski definition) is 2. The summed E-state index contributed by atoms with van der Waals surface area (Å²) in [7, 11) is 1.67. The zero-order chi connectivity index (χ0) is 25.4. The molecule has 3 heterocycles. The number of nitrogens with one attached hydrogen (secondary N) is 2. The Morgan fingerprint density at radius 2 is 2.00 bits per heavy atom. The molecule has 1 aliphatic carbocycles. The molecule has 0 bridgehead atoms. The molecule has 6 rings (SSSR count). The zero-order valence-corrected chi connectivity index (χ0v) is 21.5. The van der Waals surface area contributed by atoms with Crippen LogP contribution in [0.25, 0.3) is 10.8 Å². The van der Waals surface area contributed by atoms with Crippen molar-refractivity contribution in [2.45, 2.75) is 36.5 Å². The van der Waals surface area contributed by atoms with Gasteiger partial charge in [-0.15, -0.1) is 11.8 Å². The van der Waals surface area contributed by atoms with E-state index in [0.717, 1.165) is 68.9 Å². The van der Waals surface area contributed by atoms with E-state index in [4.69, 9.17) is 4.74 Å². The Bertz CT molecular complexity index is 1600. The molecule has 6 nitrogen and oxygen atoms in total. The predicted molar refractivity (Wildman–Crippen MR) is 149 cm³/mol. The van der Waals surface area contributed by atoms with E-state index < -0.39 is 0 Å². The van der Waals surface area contributed by atoms with Crippen LogP contribution in [0.4, 0.5) is 17.2 Å². The molecule has 1 saturated carbocycles. The molecule has 2 aromatic heterocycles. The number of ether oxygens (including phenoxy) is 1. The number of amides is 1. The van der Waals surface area contributed by atoms with E-state index in [1.54, 1.807) is 25.1 Å². The molecule has 2 N–H and O–H groups in total. The molecule has 4 aromatic rings. The summed E-state index contributed by atoms with van der Waals surface area (Å²) in [5.41, 5.74) is 4.04. The number of hydrogen-bond acceptors (Lipinski definition) is 6. The summed E-state index contributed by atoms with van der Waals surface area (Å²) in [4.78, 5) is 22.8. The van der Waals surface area contributed by atoms with Gasteiger partial charge in [0.25, 0.3) is 0 Å². The highest BCUT2D eigenvalue weighted by Crippen LogP contribution is 2.51. The van der Waals surface area contributed by atoms with Crippen LogP contribution in [0, 0.1) is 11.8 Å². The normalized spacial score (nSPS) is 14.9. The Kier molecular flexibility index (Phi) is 5.97. The van der Waals surface area contributed by atoms with Crippen molar-refractivity contribution < 1.29 is 9.53 Å². The quantitative estimate of drug-likeness (QED) is 0.246. The molecule has 0 radical (unpaired) electrons. The number of carbonyl (C=O) groups is 1. The lowest BCUT2D eigenvalue weighted by Gasteiger charge is -2.36. The first-order valence-electron chi connectivity index (χ1n) is 12.4. The molecule has 2 aromatic carbocycles. The van der Waals surface area contributed by atoms with E-state index in [1.165, 1.54) is 0 Å². The van der Waals surface area contributed by atoms with E-state index in [9.17, 15) is 4.79 Å². The van der Waals surface area contributed by atoms with Crippen molar-refractivity contribution in [3.05, 3.63) is 77.7 Å². The highest BCUT2D eigenvalue weighted by atomic mass is 32.2. The summed E-state index contributed by atoms with van der Waals surface area (Å²) >= 11 is 1.77. The lowest BCUT2D eigenvalue weighted by molar-refractivity contribution is -0.123. The van der Waals surface area contributed by atoms with Crippen LogP contribution in [-0.2, 0) is 10.2 Å².